The fourth-order valence-electron chi connectivity index (χ4n) is 1.36. The molecular weight excluding hydrogens is 252 g/mol. The summed E-state index contributed by atoms with van der Waals surface area (Å²) in [5.41, 5.74) is 7.43. The first-order valence-electron chi connectivity index (χ1n) is 5.29. The van der Waals surface area contributed by atoms with E-state index >= 15 is 0 Å². The third kappa shape index (κ3) is 2.77. The molecule has 8 heteroatoms. The van der Waals surface area contributed by atoms with E-state index in [2.05, 4.69) is 20.7 Å². The number of carbonyl (C=O) groups excluding carboxylic acids is 1. The van der Waals surface area contributed by atoms with E-state index < -0.39 is 0 Å². The molecule has 0 aliphatic carbocycles. The number of hydrogen-bond acceptors (Lipinski definition) is 5. The molecule has 2 aromatic heterocycles. The smallest absolute Gasteiger partial charge is 0.321 e. The highest BCUT2D eigenvalue weighted by atomic mass is 32.1. The molecule has 0 radical (unpaired) electrons. The van der Waals surface area contributed by atoms with Crippen LogP contribution in [0.25, 0.3) is 0 Å². The molecule has 0 saturated carbocycles. The summed E-state index contributed by atoms with van der Waals surface area (Å²) in [5, 5.41) is 11.8. The summed E-state index contributed by atoms with van der Waals surface area (Å²) < 4.78 is 1.55. The van der Waals surface area contributed by atoms with Crippen LogP contribution in [0.15, 0.2) is 11.6 Å². The van der Waals surface area contributed by atoms with Gasteiger partial charge in [0.15, 0.2) is 5.13 Å². The number of anilines is 2. The highest BCUT2D eigenvalue weighted by Crippen LogP contribution is 2.14. The van der Waals surface area contributed by atoms with Crippen molar-refractivity contribution in [1.29, 1.82) is 0 Å². The normalized spacial score (nSPS) is 10.3. The SMILES string of the molecule is Cc1csc(NC(=O)NCc2cnn(C)c2N)n1. The molecule has 0 bridgehead atoms. The molecule has 0 fully saturated rings. The van der Waals surface area contributed by atoms with Gasteiger partial charge in [-0.15, -0.1) is 11.3 Å². The standard InChI is InChI=1S/C10H14N6OS/c1-6-5-18-10(14-6)15-9(17)12-3-7-4-13-16(2)8(7)11/h4-5H,3,11H2,1-2H3,(H2,12,14,15,17). The molecule has 18 heavy (non-hydrogen) atoms. The molecule has 0 aliphatic rings. The predicted molar refractivity (Wildman–Crippen MR) is 70.3 cm³/mol. The minimum atomic E-state index is -0.312. The molecule has 4 N–H and O–H groups in total. The molecule has 0 aromatic carbocycles. The topological polar surface area (TPSA) is 97.9 Å². The zero-order valence-corrected chi connectivity index (χ0v) is 10.9. The second kappa shape index (κ2) is 5.05. The fourth-order valence-corrected chi connectivity index (χ4v) is 2.04. The Kier molecular flexibility index (Phi) is 3.47. The number of amides is 2. The average Bonchev–Trinajstić information content (AvgIpc) is 2.86. The lowest BCUT2D eigenvalue weighted by molar-refractivity contribution is 0.252. The zero-order valence-electron chi connectivity index (χ0n) is 10.1. The van der Waals surface area contributed by atoms with E-state index in [1.165, 1.54) is 11.3 Å². The highest BCUT2D eigenvalue weighted by molar-refractivity contribution is 7.13. The lowest BCUT2D eigenvalue weighted by Crippen LogP contribution is -2.28. The molecule has 2 rings (SSSR count). The van der Waals surface area contributed by atoms with Gasteiger partial charge in [-0.05, 0) is 6.92 Å². The third-order valence-electron chi connectivity index (χ3n) is 2.34. The Morgan fingerprint density at radius 1 is 1.61 bits per heavy atom. The molecule has 0 atom stereocenters. The molecule has 96 valence electrons. The van der Waals surface area contributed by atoms with Crippen molar-refractivity contribution in [3.63, 3.8) is 0 Å². The van der Waals surface area contributed by atoms with Crippen LogP contribution in [0.1, 0.15) is 11.3 Å². The first kappa shape index (κ1) is 12.4. The molecular formula is C10H14N6OS. The monoisotopic (exact) mass is 266 g/mol. The number of aryl methyl sites for hydroxylation is 2. The Balaban J connectivity index is 1.87. The van der Waals surface area contributed by atoms with Crippen LogP contribution in [-0.2, 0) is 13.6 Å². The van der Waals surface area contributed by atoms with E-state index in [9.17, 15) is 4.79 Å². The summed E-state index contributed by atoms with van der Waals surface area (Å²) in [7, 11) is 1.75. The van der Waals surface area contributed by atoms with Gasteiger partial charge in [-0.3, -0.25) is 10.00 Å². The van der Waals surface area contributed by atoms with E-state index in [1.54, 1.807) is 17.9 Å². The van der Waals surface area contributed by atoms with Crippen molar-refractivity contribution in [2.75, 3.05) is 11.1 Å². The number of urea groups is 1. The second-order valence-electron chi connectivity index (χ2n) is 3.78. The van der Waals surface area contributed by atoms with Gasteiger partial charge < -0.3 is 11.1 Å². The van der Waals surface area contributed by atoms with Gasteiger partial charge in [-0.25, -0.2) is 9.78 Å². The second-order valence-corrected chi connectivity index (χ2v) is 4.64. The quantitative estimate of drug-likeness (QED) is 0.774. The molecule has 2 heterocycles. The van der Waals surface area contributed by atoms with Gasteiger partial charge >= 0.3 is 6.03 Å². The number of nitrogens with one attached hydrogen (secondary N) is 2. The van der Waals surface area contributed by atoms with E-state index in [0.717, 1.165) is 11.3 Å². The maximum absolute atomic E-state index is 11.6. The van der Waals surface area contributed by atoms with E-state index in [4.69, 9.17) is 5.73 Å². The van der Waals surface area contributed by atoms with Crippen LogP contribution in [-0.4, -0.2) is 20.8 Å². The number of nitrogen functional groups attached to an aromatic ring is 1. The molecule has 0 spiro atoms. The minimum Gasteiger partial charge on any atom is -0.384 e. The van der Waals surface area contributed by atoms with Crippen molar-refractivity contribution in [3.8, 4) is 0 Å². The molecule has 2 aromatic rings. The summed E-state index contributed by atoms with van der Waals surface area (Å²) in [5.74, 6) is 0.542. The van der Waals surface area contributed by atoms with Crippen molar-refractivity contribution in [2.45, 2.75) is 13.5 Å². The number of aromatic nitrogens is 3. The summed E-state index contributed by atoms with van der Waals surface area (Å²) >= 11 is 1.38. The maximum Gasteiger partial charge on any atom is 0.321 e. The van der Waals surface area contributed by atoms with Crippen LogP contribution in [0.2, 0.25) is 0 Å². The maximum atomic E-state index is 11.6. The number of nitrogens with zero attached hydrogens (tertiary/aromatic N) is 3. The third-order valence-corrected chi connectivity index (χ3v) is 3.22. The van der Waals surface area contributed by atoms with Gasteiger partial charge in [0.1, 0.15) is 5.82 Å². The Morgan fingerprint density at radius 2 is 2.39 bits per heavy atom. The van der Waals surface area contributed by atoms with Crippen LogP contribution >= 0.6 is 11.3 Å². The molecule has 0 unspecified atom stereocenters. The number of thiazole rings is 1. The van der Waals surface area contributed by atoms with Crippen LogP contribution < -0.4 is 16.4 Å². The summed E-state index contributed by atoms with van der Waals surface area (Å²) in [6.07, 6.45) is 1.63. The highest BCUT2D eigenvalue weighted by Gasteiger charge is 2.08. The minimum absolute atomic E-state index is 0.312. The average molecular weight is 266 g/mol. The lowest BCUT2D eigenvalue weighted by Gasteiger charge is -2.04. The van der Waals surface area contributed by atoms with Crippen LogP contribution in [0.3, 0.4) is 0 Å². The van der Waals surface area contributed by atoms with E-state index in [1.807, 2.05) is 12.3 Å². The van der Waals surface area contributed by atoms with Crippen LogP contribution in [0, 0.1) is 6.92 Å². The molecule has 0 aliphatic heterocycles. The van der Waals surface area contributed by atoms with Crippen molar-refractivity contribution in [2.24, 2.45) is 7.05 Å². The number of rotatable bonds is 3. The van der Waals surface area contributed by atoms with Gasteiger partial charge in [0.05, 0.1) is 11.9 Å². The summed E-state index contributed by atoms with van der Waals surface area (Å²) in [6.45, 7) is 2.20. The van der Waals surface area contributed by atoms with E-state index in [0.29, 0.717) is 17.5 Å². The first-order valence-corrected chi connectivity index (χ1v) is 6.17. The Morgan fingerprint density at radius 3 is 2.94 bits per heavy atom. The van der Waals surface area contributed by atoms with Gasteiger partial charge in [0.25, 0.3) is 0 Å². The summed E-state index contributed by atoms with van der Waals surface area (Å²) in [6, 6.07) is -0.312. The van der Waals surface area contributed by atoms with Crippen LogP contribution in [0.5, 0.6) is 0 Å². The van der Waals surface area contributed by atoms with Crippen molar-refractivity contribution >= 4 is 28.3 Å². The molecule has 0 saturated heterocycles. The lowest BCUT2D eigenvalue weighted by atomic mass is 10.3. The number of nitrogens with two attached hydrogens (primary N) is 1. The van der Waals surface area contributed by atoms with Gasteiger partial charge in [-0.1, -0.05) is 0 Å². The number of hydrogen-bond donors (Lipinski definition) is 3. The van der Waals surface area contributed by atoms with Gasteiger partial charge in [0, 0.05) is 24.5 Å². The van der Waals surface area contributed by atoms with Gasteiger partial charge in [0.2, 0.25) is 0 Å². The largest absolute Gasteiger partial charge is 0.384 e. The Labute approximate surface area is 108 Å². The number of carbonyl (C=O) groups is 1. The first-order chi connectivity index (χ1) is 8.56. The van der Waals surface area contributed by atoms with E-state index in [-0.39, 0.29) is 6.03 Å². The van der Waals surface area contributed by atoms with Crippen molar-refractivity contribution < 1.29 is 4.79 Å². The van der Waals surface area contributed by atoms with Crippen molar-refractivity contribution in [3.05, 3.63) is 22.8 Å². The predicted octanol–water partition coefficient (Wildman–Crippen LogP) is 1.09. The Bertz CT molecular complexity index is 560. The summed E-state index contributed by atoms with van der Waals surface area (Å²) in [4.78, 5) is 15.7. The molecule has 2 amide bonds. The molecule has 7 nitrogen and oxygen atoms in total. The van der Waals surface area contributed by atoms with Crippen LogP contribution in [0.4, 0.5) is 15.7 Å². The fraction of sp³-hybridized carbons (Fsp3) is 0.300. The zero-order chi connectivity index (χ0) is 13.1. The van der Waals surface area contributed by atoms with Crippen molar-refractivity contribution in [1.82, 2.24) is 20.1 Å². The van der Waals surface area contributed by atoms with Gasteiger partial charge in [-0.2, -0.15) is 5.10 Å². The Hall–Kier alpha value is -2.09.